The van der Waals surface area contributed by atoms with E-state index in [-0.39, 0.29) is 0 Å². The number of benzene rings is 2. The molecule has 3 nitrogen and oxygen atoms in total. The summed E-state index contributed by atoms with van der Waals surface area (Å²) in [6.45, 7) is 0. The van der Waals surface area contributed by atoms with E-state index >= 15 is 0 Å². The Labute approximate surface area is 121 Å². The van der Waals surface area contributed by atoms with Crippen molar-refractivity contribution >= 4 is 28.4 Å². The molecule has 0 amide bonds. The summed E-state index contributed by atoms with van der Waals surface area (Å²) in [4.78, 5) is 5.63. The molecule has 0 aliphatic carbocycles. The van der Waals surface area contributed by atoms with Crippen LogP contribution in [0.3, 0.4) is 0 Å². The van der Waals surface area contributed by atoms with Crippen LogP contribution < -0.4 is 5.73 Å². The first kappa shape index (κ1) is 12.5. The van der Waals surface area contributed by atoms with Crippen molar-refractivity contribution in [2.24, 2.45) is 0 Å². The van der Waals surface area contributed by atoms with E-state index in [1.807, 2.05) is 54.6 Å². The number of nitrogen functional groups attached to an aromatic ring is 1. The van der Waals surface area contributed by atoms with E-state index in [1.165, 1.54) is 11.8 Å². The second-order valence-corrected chi connectivity index (χ2v) is 5.40. The molecule has 4 heteroatoms. The number of aromatic nitrogens is 1. The van der Waals surface area contributed by atoms with Crippen molar-refractivity contribution in [1.82, 2.24) is 4.98 Å². The molecule has 20 heavy (non-hydrogen) atoms. The molecule has 0 aliphatic rings. The molecule has 0 bridgehead atoms. The minimum atomic E-state index is 0.647. The van der Waals surface area contributed by atoms with Gasteiger partial charge in [-0.05, 0) is 36.4 Å². The lowest BCUT2D eigenvalue weighted by Crippen LogP contribution is -1.88. The van der Waals surface area contributed by atoms with E-state index in [0.29, 0.717) is 5.56 Å². The van der Waals surface area contributed by atoms with Gasteiger partial charge in [-0.3, -0.25) is 0 Å². The van der Waals surface area contributed by atoms with Crippen molar-refractivity contribution in [2.75, 3.05) is 5.73 Å². The molecule has 1 heterocycles. The highest BCUT2D eigenvalue weighted by atomic mass is 32.2. The lowest BCUT2D eigenvalue weighted by atomic mass is 10.1. The van der Waals surface area contributed by atoms with Crippen LogP contribution in [0.15, 0.2) is 64.5 Å². The molecule has 2 aromatic carbocycles. The Morgan fingerprint density at radius 2 is 1.80 bits per heavy atom. The summed E-state index contributed by atoms with van der Waals surface area (Å²) in [6.07, 6.45) is 0. The van der Waals surface area contributed by atoms with Crippen LogP contribution in [0.2, 0.25) is 0 Å². The number of nitriles is 1. The number of pyridine rings is 1. The highest BCUT2D eigenvalue weighted by Gasteiger charge is 2.06. The summed E-state index contributed by atoms with van der Waals surface area (Å²) >= 11 is 1.52. The fourth-order valence-corrected chi connectivity index (χ4v) is 2.79. The standard InChI is InChI=1S/C16H11N3S/c17-10-11-9-16(19-15-4-2-1-3-14(11)15)20-13-7-5-12(18)6-8-13/h1-9H,18H2. The molecule has 0 spiro atoms. The third kappa shape index (κ3) is 2.44. The molecule has 2 N–H and O–H groups in total. The molecule has 0 saturated carbocycles. The van der Waals surface area contributed by atoms with Crippen LogP contribution in [0.5, 0.6) is 0 Å². The van der Waals surface area contributed by atoms with Crippen molar-refractivity contribution in [2.45, 2.75) is 9.92 Å². The number of anilines is 1. The number of nitrogens with two attached hydrogens (primary N) is 1. The SMILES string of the molecule is N#Cc1cc(Sc2ccc(N)cc2)nc2ccccc12. The zero-order valence-electron chi connectivity index (χ0n) is 10.6. The third-order valence-corrected chi connectivity index (χ3v) is 3.84. The van der Waals surface area contributed by atoms with Crippen molar-refractivity contribution in [3.8, 4) is 6.07 Å². The zero-order chi connectivity index (χ0) is 13.9. The van der Waals surface area contributed by atoms with Crippen LogP contribution in [0.1, 0.15) is 5.56 Å². The maximum Gasteiger partial charge on any atom is 0.103 e. The Bertz CT molecular complexity index is 804. The van der Waals surface area contributed by atoms with E-state index in [1.54, 1.807) is 0 Å². The lowest BCUT2D eigenvalue weighted by molar-refractivity contribution is 1.18. The van der Waals surface area contributed by atoms with Crippen molar-refractivity contribution in [3.63, 3.8) is 0 Å². The van der Waals surface area contributed by atoms with Gasteiger partial charge < -0.3 is 5.73 Å². The molecule has 0 aliphatic heterocycles. The maximum absolute atomic E-state index is 9.26. The van der Waals surface area contributed by atoms with E-state index in [2.05, 4.69) is 11.1 Å². The van der Waals surface area contributed by atoms with Gasteiger partial charge in [0.2, 0.25) is 0 Å². The maximum atomic E-state index is 9.26. The number of rotatable bonds is 2. The number of hydrogen-bond acceptors (Lipinski definition) is 4. The van der Waals surface area contributed by atoms with Gasteiger partial charge in [0, 0.05) is 16.0 Å². The molecule has 0 unspecified atom stereocenters. The average Bonchev–Trinajstić information content (AvgIpc) is 2.49. The first-order chi connectivity index (χ1) is 9.76. The monoisotopic (exact) mass is 277 g/mol. The number of para-hydroxylation sites is 1. The van der Waals surface area contributed by atoms with Gasteiger partial charge in [0.25, 0.3) is 0 Å². The molecule has 0 atom stereocenters. The number of nitrogens with zero attached hydrogens (tertiary/aromatic N) is 2. The molecular weight excluding hydrogens is 266 g/mol. The van der Waals surface area contributed by atoms with E-state index in [0.717, 1.165) is 26.5 Å². The molecular formula is C16H11N3S. The fraction of sp³-hybridized carbons (Fsp3) is 0. The Morgan fingerprint density at radius 3 is 2.55 bits per heavy atom. The summed E-state index contributed by atoms with van der Waals surface area (Å²) < 4.78 is 0. The minimum Gasteiger partial charge on any atom is -0.399 e. The smallest absolute Gasteiger partial charge is 0.103 e. The second kappa shape index (κ2) is 5.24. The third-order valence-electron chi connectivity index (χ3n) is 2.92. The van der Waals surface area contributed by atoms with Crippen LogP contribution in [-0.4, -0.2) is 4.98 Å². The van der Waals surface area contributed by atoms with Gasteiger partial charge >= 0.3 is 0 Å². The summed E-state index contributed by atoms with van der Waals surface area (Å²) in [7, 11) is 0. The summed E-state index contributed by atoms with van der Waals surface area (Å²) in [5.74, 6) is 0. The predicted octanol–water partition coefficient (Wildman–Crippen LogP) is 3.84. The van der Waals surface area contributed by atoms with Gasteiger partial charge in [0.05, 0.1) is 17.1 Å². The molecule has 3 aromatic rings. The van der Waals surface area contributed by atoms with Gasteiger partial charge in [-0.2, -0.15) is 5.26 Å². The Hall–Kier alpha value is -2.51. The topological polar surface area (TPSA) is 62.7 Å². The highest BCUT2D eigenvalue weighted by Crippen LogP contribution is 2.29. The fourth-order valence-electron chi connectivity index (χ4n) is 1.95. The van der Waals surface area contributed by atoms with Crippen molar-refractivity contribution < 1.29 is 0 Å². The first-order valence-corrected chi connectivity index (χ1v) is 6.91. The summed E-state index contributed by atoms with van der Waals surface area (Å²) in [5.41, 5.74) is 7.89. The van der Waals surface area contributed by atoms with Gasteiger partial charge in [0.1, 0.15) is 5.03 Å². The van der Waals surface area contributed by atoms with Gasteiger partial charge in [-0.15, -0.1) is 0 Å². The van der Waals surface area contributed by atoms with Gasteiger partial charge in [-0.25, -0.2) is 4.98 Å². The summed E-state index contributed by atoms with van der Waals surface area (Å²) in [5, 5.41) is 11.0. The molecule has 0 fully saturated rings. The Balaban J connectivity index is 2.04. The predicted molar refractivity (Wildman–Crippen MR) is 81.4 cm³/mol. The van der Waals surface area contributed by atoms with Crippen LogP contribution in [0, 0.1) is 11.3 Å². The normalized spacial score (nSPS) is 10.3. The quantitative estimate of drug-likeness (QED) is 0.723. The van der Waals surface area contributed by atoms with Crippen molar-refractivity contribution in [1.29, 1.82) is 5.26 Å². The van der Waals surface area contributed by atoms with Crippen LogP contribution in [0.25, 0.3) is 10.9 Å². The molecule has 0 saturated heterocycles. The van der Waals surface area contributed by atoms with E-state index in [4.69, 9.17) is 5.73 Å². The zero-order valence-corrected chi connectivity index (χ0v) is 11.4. The molecule has 96 valence electrons. The van der Waals surface area contributed by atoms with E-state index < -0.39 is 0 Å². The van der Waals surface area contributed by atoms with Crippen molar-refractivity contribution in [3.05, 3.63) is 60.2 Å². The summed E-state index contributed by atoms with van der Waals surface area (Å²) in [6, 6.07) is 19.3. The lowest BCUT2D eigenvalue weighted by Gasteiger charge is -2.05. The number of hydrogen-bond donors (Lipinski definition) is 1. The second-order valence-electron chi connectivity index (χ2n) is 4.31. The molecule has 0 radical (unpaired) electrons. The van der Waals surface area contributed by atoms with Crippen LogP contribution in [0.4, 0.5) is 5.69 Å². The highest BCUT2D eigenvalue weighted by molar-refractivity contribution is 7.99. The molecule has 3 rings (SSSR count). The first-order valence-electron chi connectivity index (χ1n) is 6.09. The van der Waals surface area contributed by atoms with Gasteiger partial charge in [-0.1, -0.05) is 30.0 Å². The number of fused-ring (bicyclic) bond motifs is 1. The molecule has 1 aromatic heterocycles. The van der Waals surface area contributed by atoms with Gasteiger partial charge in [0.15, 0.2) is 0 Å². The van der Waals surface area contributed by atoms with Crippen LogP contribution in [-0.2, 0) is 0 Å². The Kier molecular flexibility index (Phi) is 3.28. The average molecular weight is 277 g/mol. The Morgan fingerprint density at radius 1 is 1.05 bits per heavy atom. The minimum absolute atomic E-state index is 0.647. The largest absolute Gasteiger partial charge is 0.399 e. The van der Waals surface area contributed by atoms with Crippen LogP contribution >= 0.6 is 11.8 Å². The van der Waals surface area contributed by atoms with E-state index in [9.17, 15) is 5.26 Å².